The maximum Gasteiger partial charge on any atom is 0.133 e. The lowest BCUT2D eigenvalue weighted by molar-refractivity contribution is 0.925. The maximum atomic E-state index is 8.90. The van der Waals surface area contributed by atoms with Gasteiger partial charge >= 0.3 is 0 Å². The highest BCUT2D eigenvalue weighted by atomic mass is 32.1. The molecule has 0 atom stereocenters. The predicted octanol–water partition coefficient (Wildman–Crippen LogP) is 2.94. The third-order valence-corrected chi connectivity index (χ3v) is 3.09. The number of nitriles is 1. The normalized spacial score (nSPS) is 10.1. The van der Waals surface area contributed by atoms with Crippen LogP contribution in [0.1, 0.15) is 23.9 Å². The van der Waals surface area contributed by atoms with E-state index >= 15 is 0 Å². The van der Waals surface area contributed by atoms with Crippen molar-refractivity contribution in [1.29, 1.82) is 5.26 Å². The van der Waals surface area contributed by atoms with Crippen LogP contribution in [0.3, 0.4) is 0 Å². The van der Waals surface area contributed by atoms with Crippen LogP contribution in [0.2, 0.25) is 0 Å². The van der Waals surface area contributed by atoms with Crippen LogP contribution in [-0.4, -0.2) is 15.0 Å². The van der Waals surface area contributed by atoms with Gasteiger partial charge < -0.3 is 4.98 Å². The smallest absolute Gasteiger partial charge is 0.133 e. The van der Waals surface area contributed by atoms with E-state index in [4.69, 9.17) is 17.5 Å². The second-order valence-electron chi connectivity index (χ2n) is 3.92. The molecule has 18 heavy (non-hydrogen) atoms. The first-order valence-electron chi connectivity index (χ1n) is 5.61. The van der Waals surface area contributed by atoms with Crippen LogP contribution in [0.25, 0.3) is 11.3 Å². The maximum absolute atomic E-state index is 8.90. The Bertz CT molecular complexity index is 682. The lowest BCUT2D eigenvalue weighted by Gasteiger charge is -2.08. The Labute approximate surface area is 110 Å². The first kappa shape index (κ1) is 12.4. The quantitative estimate of drug-likeness (QED) is 0.839. The molecule has 90 valence electrons. The number of hydrogen-bond donors (Lipinski definition) is 1. The van der Waals surface area contributed by atoms with Crippen molar-refractivity contribution in [2.45, 2.75) is 20.3 Å². The molecule has 0 aliphatic rings. The lowest BCUT2D eigenvalue weighted by Crippen LogP contribution is -1.99. The van der Waals surface area contributed by atoms with E-state index in [0.717, 1.165) is 29.1 Å². The van der Waals surface area contributed by atoms with Crippen molar-refractivity contribution in [1.82, 2.24) is 15.0 Å². The zero-order valence-electron chi connectivity index (χ0n) is 10.2. The highest BCUT2D eigenvalue weighted by Crippen LogP contribution is 2.21. The van der Waals surface area contributed by atoms with Gasteiger partial charge in [-0.25, -0.2) is 4.98 Å². The van der Waals surface area contributed by atoms with Gasteiger partial charge in [0, 0.05) is 29.9 Å². The summed E-state index contributed by atoms with van der Waals surface area (Å²) in [6.07, 6.45) is 4.03. The van der Waals surface area contributed by atoms with Crippen LogP contribution in [0, 0.1) is 22.9 Å². The van der Waals surface area contributed by atoms with E-state index in [0.29, 0.717) is 10.2 Å². The zero-order valence-corrected chi connectivity index (χ0v) is 11.0. The minimum Gasteiger partial charge on any atom is -0.343 e. The second kappa shape index (κ2) is 5.07. The minimum absolute atomic E-state index is 0.529. The fourth-order valence-corrected chi connectivity index (χ4v) is 1.89. The Kier molecular flexibility index (Phi) is 3.49. The van der Waals surface area contributed by atoms with Gasteiger partial charge in [0.25, 0.3) is 0 Å². The number of nitrogens with zero attached hydrogens (tertiary/aromatic N) is 3. The van der Waals surface area contributed by atoms with Gasteiger partial charge in [0.2, 0.25) is 0 Å². The number of aromatic amines is 1. The third kappa shape index (κ3) is 2.29. The summed E-state index contributed by atoms with van der Waals surface area (Å²) in [6.45, 7) is 3.93. The first-order valence-corrected chi connectivity index (χ1v) is 6.01. The topological polar surface area (TPSA) is 65.4 Å². The molecule has 0 fully saturated rings. The van der Waals surface area contributed by atoms with E-state index in [-0.39, 0.29) is 0 Å². The molecule has 1 N–H and O–H groups in total. The fraction of sp³-hybridized carbons (Fsp3) is 0.231. The number of nitrogens with one attached hydrogen (secondary N) is 1. The fourth-order valence-electron chi connectivity index (χ4n) is 1.67. The Morgan fingerprint density at radius 3 is 2.89 bits per heavy atom. The summed E-state index contributed by atoms with van der Waals surface area (Å²) in [5, 5.41) is 8.90. The Morgan fingerprint density at radius 1 is 1.44 bits per heavy atom. The number of H-pyrrole nitrogens is 1. The summed E-state index contributed by atoms with van der Waals surface area (Å²) in [5.74, 6) is 0.836. The van der Waals surface area contributed by atoms with Crippen molar-refractivity contribution < 1.29 is 0 Å². The van der Waals surface area contributed by atoms with Crippen LogP contribution in [0.5, 0.6) is 0 Å². The van der Waals surface area contributed by atoms with Gasteiger partial charge in [0.15, 0.2) is 0 Å². The summed E-state index contributed by atoms with van der Waals surface area (Å²) in [4.78, 5) is 11.6. The molecule has 0 unspecified atom stereocenters. The highest BCUT2D eigenvalue weighted by Gasteiger charge is 2.07. The highest BCUT2D eigenvalue weighted by molar-refractivity contribution is 7.71. The zero-order chi connectivity index (χ0) is 13.1. The molecule has 0 radical (unpaired) electrons. The average molecular weight is 256 g/mol. The van der Waals surface area contributed by atoms with E-state index < -0.39 is 0 Å². The number of rotatable bonds is 2. The molecular formula is C13H12N4S. The number of aromatic nitrogens is 3. The Hall–Kier alpha value is -2.06. The summed E-state index contributed by atoms with van der Waals surface area (Å²) in [7, 11) is 0. The van der Waals surface area contributed by atoms with Crippen LogP contribution >= 0.6 is 12.2 Å². The van der Waals surface area contributed by atoms with Crippen molar-refractivity contribution in [3.63, 3.8) is 0 Å². The molecule has 0 aliphatic heterocycles. The monoisotopic (exact) mass is 256 g/mol. The molecule has 0 amide bonds. The Balaban J connectivity index is 2.66. The minimum atomic E-state index is 0.529. The van der Waals surface area contributed by atoms with Crippen LogP contribution < -0.4 is 0 Å². The van der Waals surface area contributed by atoms with E-state index in [1.807, 2.05) is 13.8 Å². The molecule has 2 aromatic heterocycles. The molecule has 0 spiro atoms. The van der Waals surface area contributed by atoms with Crippen LogP contribution in [0.15, 0.2) is 18.5 Å². The number of hydrogen-bond acceptors (Lipinski definition) is 4. The SMILES string of the molecule is CCc1nc(=S)c(C)c(-c2cncc(C#N)c2)[nH]1. The van der Waals surface area contributed by atoms with Gasteiger partial charge in [0.1, 0.15) is 16.5 Å². The molecule has 0 saturated heterocycles. The second-order valence-corrected chi connectivity index (χ2v) is 4.30. The molecular weight excluding hydrogens is 244 g/mol. The van der Waals surface area contributed by atoms with Gasteiger partial charge in [-0.3, -0.25) is 4.98 Å². The van der Waals surface area contributed by atoms with Gasteiger partial charge in [-0.1, -0.05) is 19.1 Å². The van der Waals surface area contributed by atoms with Crippen molar-refractivity contribution >= 4 is 12.2 Å². The van der Waals surface area contributed by atoms with E-state index in [9.17, 15) is 0 Å². The standard InChI is InChI=1S/C13H12N4S/c1-3-11-16-12(8(2)13(18)17-11)10-4-9(5-14)6-15-7-10/h4,6-7H,3H2,1-2H3,(H,16,17,18). The first-order chi connectivity index (χ1) is 8.65. The van der Waals surface area contributed by atoms with Crippen LogP contribution in [0.4, 0.5) is 0 Å². The summed E-state index contributed by atoms with van der Waals surface area (Å²) in [5.41, 5.74) is 3.17. The van der Waals surface area contributed by atoms with Crippen molar-refractivity contribution in [3.8, 4) is 17.3 Å². The van der Waals surface area contributed by atoms with E-state index in [2.05, 4.69) is 21.0 Å². The molecule has 4 nitrogen and oxygen atoms in total. The molecule has 5 heteroatoms. The molecule has 2 rings (SSSR count). The average Bonchev–Trinajstić information content (AvgIpc) is 2.41. The molecule has 2 heterocycles. The van der Waals surface area contributed by atoms with Gasteiger partial charge in [0.05, 0.1) is 11.3 Å². The third-order valence-electron chi connectivity index (χ3n) is 2.69. The summed E-state index contributed by atoms with van der Waals surface area (Å²) >= 11 is 5.24. The van der Waals surface area contributed by atoms with Crippen molar-refractivity contribution in [2.24, 2.45) is 0 Å². The van der Waals surface area contributed by atoms with Crippen LogP contribution in [-0.2, 0) is 6.42 Å². The largest absolute Gasteiger partial charge is 0.343 e. The number of aryl methyl sites for hydroxylation is 1. The molecule has 0 aromatic carbocycles. The van der Waals surface area contributed by atoms with E-state index in [1.54, 1.807) is 12.3 Å². The van der Waals surface area contributed by atoms with Crippen molar-refractivity contribution in [3.05, 3.63) is 40.1 Å². The Morgan fingerprint density at radius 2 is 2.22 bits per heavy atom. The molecule has 0 aliphatic carbocycles. The summed E-state index contributed by atoms with van der Waals surface area (Å²) < 4.78 is 0.586. The van der Waals surface area contributed by atoms with Crippen molar-refractivity contribution in [2.75, 3.05) is 0 Å². The molecule has 2 aromatic rings. The molecule has 0 saturated carbocycles. The molecule has 0 bridgehead atoms. The van der Waals surface area contributed by atoms with E-state index in [1.165, 1.54) is 6.20 Å². The van der Waals surface area contributed by atoms with Gasteiger partial charge in [-0.05, 0) is 13.0 Å². The van der Waals surface area contributed by atoms with Gasteiger partial charge in [-0.15, -0.1) is 0 Å². The van der Waals surface area contributed by atoms with Gasteiger partial charge in [-0.2, -0.15) is 5.26 Å². The summed E-state index contributed by atoms with van der Waals surface area (Å²) in [6, 6.07) is 3.87. The lowest BCUT2D eigenvalue weighted by atomic mass is 10.1. The number of pyridine rings is 1. The predicted molar refractivity (Wildman–Crippen MR) is 71.5 cm³/mol.